The van der Waals surface area contributed by atoms with Crippen LogP contribution in [0.2, 0.25) is 0 Å². The van der Waals surface area contributed by atoms with Crippen molar-refractivity contribution in [2.75, 3.05) is 17.2 Å². The van der Waals surface area contributed by atoms with Crippen LogP contribution in [-0.2, 0) is 0 Å². The summed E-state index contributed by atoms with van der Waals surface area (Å²) in [6, 6.07) is 11.9. The maximum atomic E-state index is 12.3. The van der Waals surface area contributed by atoms with Gasteiger partial charge in [0.05, 0.1) is 17.8 Å². The summed E-state index contributed by atoms with van der Waals surface area (Å²) in [5, 5.41) is 5.49. The van der Waals surface area contributed by atoms with Crippen LogP contribution in [-0.4, -0.2) is 17.2 Å². The van der Waals surface area contributed by atoms with Crippen molar-refractivity contribution in [2.24, 2.45) is 0 Å². The Morgan fingerprint density at radius 2 is 1.96 bits per heavy atom. The molecule has 0 aliphatic heterocycles. The molecule has 0 atom stereocenters. The highest BCUT2D eigenvalue weighted by Gasteiger charge is 2.13. The van der Waals surface area contributed by atoms with Crippen LogP contribution >= 0.6 is 0 Å². The smallest absolute Gasteiger partial charge is 0.420 e. The number of urea groups is 1. The zero-order chi connectivity index (χ0) is 18.7. The van der Waals surface area contributed by atoms with E-state index >= 15 is 0 Å². The average Bonchev–Trinajstić information content (AvgIpc) is 2.92. The second-order valence-electron chi connectivity index (χ2n) is 6.02. The van der Waals surface area contributed by atoms with Gasteiger partial charge in [-0.2, -0.15) is 0 Å². The second-order valence-corrected chi connectivity index (χ2v) is 6.02. The summed E-state index contributed by atoms with van der Waals surface area (Å²) in [5.41, 5.74) is 2.22. The number of para-hydroxylation sites is 2. The first kappa shape index (κ1) is 17.6. The van der Waals surface area contributed by atoms with Crippen molar-refractivity contribution in [1.82, 2.24) is 4.57 Å². The Bertz CT molecular complexity index is 988. The minimum atomic E-state index is -0.415. The van der Waals surface area contributed by atoms with E-state index in [0.717, 1.165) is 0 Å². The number of carbonyl (C=O) groups is 1. The normalized spacial score (nSPS) is 10.9. The number of ether oxygens (including phenoxy) is 1. The third kappa shape index (κ3) is 3.56. The van der Waals surface area contributed by atoms with Crippen molar-refractivity contribution < 1.29 is 13.9 Å². The number of oxazole rings is 1. The first-order valence-corrected chi connectivity index (χ1v) is 8.44. The van der Waals surface area contributed by atoms with Gasteiger partial charge in [0.2, 0.25) is 0 Å². The van der Waals surface area contributed by atoms with Gasteiger partial charge in [0.25, 0.3) is 0 Å². The van der Waals surface area contributed by atoms with E-state index in [4.69, 9.17) is 9.15 Å². The largest absolute Gasteiger partial charge is 0.492 e. The Morgan fingerprint density at radius 3 is 2.69 bits per heavy atom. The molecule has 2 N–H and O–H groups in total. The standard InChI is InChI=1S/C19H21N3O4/c1-4-25-16-8-6-5-7-14(16)21-18(23)20-13-9-10-15-17(11-13)26-19(24)22(15)12(2)3/h5-12H,4H2,1-3H3,(H2,20,21,23). The molecule has 0 spiro atoms. The number of nitrogens with one attached hydrogen (secondary N) is 2. The Labute approximate surface area is 150 Å². The first-order valence-electron chi connectivity index (χ1n) is 8.44. The highest BCUT2D eigenvalue weighted by Crippen LogP contribution is 2.24. The van der Waals surface area contributed by atoms with Crippen LogP contribution < -0.4 is 21.1 Å². The molecule has 3 aromatic rings. The molecule has 0 unspecified atom stereocenters. The molecule has 2 amide bonds. The molecule has 0 radical (unpaired) electrons. The predicted octanol–water partition coefficient (Wildman–Crippen LogP) is 4.22. The van der Waals surface area contributed by atoms with E-state index in [1.807, 2.05) is 32.9 Å². The summed E-state index contributed by atoms with van der Waals surface area (Å²) < 4.78 is 12.3. The van der Waals surface area contributed by atoms with E-state index in [-0.39, 0.29) is 6.04 Å². The molecule has 0 aliphatic rings. The zero-order valence-corrected chi connectivity index (χ0v) is 14.9. The SMILES string of the molecule is CCOc1ccccc1NC(=O)Nc1ccc2c(c1)oc(=O)n2C(C)C. The number of amides is 2. The summed E-state index contributed by atoms with van der Waals surface area (Å²) in [7, 11) is 0. The fourth-order valence-electron chi connectivity index (χ4n) is 2.74. The molecule has 136 valence electrons. The van der Waals surface area contributed by atoms with Gasteiger partial charge in [0.1, 0.15) is 5.75 Å². The summed E-state index contributed by atoms with van der Waals surface area (Å²) in [6.07, 6.45) is 0. The fraction of sp³-hybridized carbons (Fsp3) is 0.263. The Hall–Kier alpha value is -3.22. The van der Waals surface area contributed by atoms with Crippen molar-refractivity contribution in [1.29, 1.82) is 0 Å². The van der Waals surface area contributed by atoms with E-state index in [2.05, 4.69) is 10.6 Å². The molecule has 0 fully saturated rings. The minimum absolute atomic E-state index is 0.0130. The summed E-state index contributed by atoms with van der Waals surface area (Å²) in [5.74, 6) is 0.183. The number of rotatable bonds is 5. The number of hydrogen-bond donors (Lipinski definition) is 2. The van der Waals surface area contributed by atoms with Crippen LogP contribution in [0, 0.1) is 0 Å². The van der Waals surface area contributed by atoms with Crippen LogP contribution in [0.15, 0.2) is 51.7 Å². The van der Waals surface area contributed by atoms with E-state index in [0.29, 0.717) is 34.8 Å². The fourth-order valence-corrected chi connectivity index (χ4v) is 2.74. The molecular weight excluding hydrogens is 334 g/mol. The molecule has 26 heavy (non-hydrogen) atoms. The third-order valence-electron chi connectivity index (χ3n) is 3.82. The van der Waals surface area contributed by atoms with Crippen molar-refractivity contribution in [2.45, 2.75) is 26.8 Å². The van der Waals surface area contributed by atoms with Gasteiger partial charge in [0.15, 0.2) is 5.58 Å². The lowest BCUT2D eigenvalue weighted by atomic mass is 10.2. The van der Waals surface area contributed by atoms with Crippen LogP contribution in [0.5, 0.6) is 5.75 Å². The maximum Gasteiger partial charge on any atom is 0.420 e. The highest BCUT2D eigenvalue weighted by molar-refractivity contribution is 6.01. The number of anilines is 2. The van der Waals surface area contributed by atoms with Gasteiger partial charge in [0, 0.05) is 17.8 Å². The van der Waals surface area contributed by atoms with Crippen molar-refractivity contribution in [3.05, 3.63) is 53.0 Å². The molecule has 1 heterocycles. The van der Waals surface area contributed by atoms with E-state index in [9.17, 15) is 9.59 Å². The Kier molecular flexibility index (Phi) is 4.97. The number of benzene rings is 2. The Morgan fingerprint density at radius 1 is 1.19 bits per heavy atom. The predicted molar refractivity (Wildman–Crippen MR) is 101 cm³/mol. The van der Waals surface area contributed by atoms with Gasteiger partial charge in [-0.25, -0.2) is 9.59 Å². The van der Waals surface area contributed by atoms with E-state index in [1.54, 1.807) is 34.9 Å². The lowest BCUT2D eigenvalue weighted by Crippen LogP contribution is -2.20. The van der Waals surface area contributed by atoms with E-state index < -0.39 is 11.8 Å². The number of fused-ring (bicyclic) bond motifs is 1. The van der Waals surface area contributed by atoms with Gasteiger partial charge in [-0.1, -0.05) is 12.1 Å². The first-order chi connectivity index (χ1) is 12.5. The maximum absolute atomic E-state index is 12.3. The van der Waals surface area contributed by atoms with Crippen LogP contribution in [0.4, 0.5) is 16.2 Å². The third-order valence-corrected chi connectivity index (χ3v) is 3.82. The number of nitrogens with zero attached hydrogens (tertiary/aromatic N) is 1. The second kappa shape index (κ2) is 7.35. The lowest BCUT2D eigenvalue weighted by molar-refractivity contribution is 0.262. The molecule has 1 aromatic heterocycles. The molecular formula is C19H21N3O4. The molecule has 0 saturated carbocycles. The van der Waals surface area contributed by atoms with Gasteiger partial charge in [-0.3, -0.25) is 4.57 Å². The van der Waals surface area contributed by atoms with Gasteiger partial charge >= 0.3 is 11.8 Å². The topological polar surface area (TPSA) is 85.5 Å². The lowest BCUT2D eigenvalue weighted by Gasteiger charge is -2.12. The molecule has 0 bridgehead atoms. The monoisotopic (exact) mass is 355 g/mol. The van der Waals surface area contributed by atoms with Gasteiger partial charge in [-0.15, -0.1) is 0 Å². The van der Waals surface area contributed by atoms with Crippen molar-refractivity contribution in [3.63, 3.8) is 0 Å². The van der Waals surface area contributed by atoms with E-state index in [1.165, 1.54) is 0 Å². The molecule has 2 aromatic carbocycles. The van der Waals surface area contributed by atoms with Crippen LogP contribution in [0.1, 0.15) is 26.8 Å². The minimum Gasteiger partial charge on any atom is -0.492 e. The molecule has 0 aliphatic carbocycles. The van der Waals surface area contributed by atoms with Crippen LogP contribution in [0.3, 0.4) is 0 Å². The van der Waals surface area contributed by atoms with Crippen molar-refractivity contribution in [3.8, 4) is 5.75 Å². The summed E-state index contributed by atoms with van der Waals surface area (Å²) in [6.45, 7) is 6.20. The molecule has 7 nitrogen and oxygen atoms in total. The highest BCUT2D eigenvalue weighted by atomic mass is 16.5. The summed E-state index contributed by atoms with van der Waals surface area (Å²) >= 11 is 0. The quantitative estimate of drug-likeness (QED) is 0.717. The van der Waals surface area contributed by atoms with Crippen LogP contribution in [0.25, 0.3) is 11.1 Å². The van der Waals surface area contributed by atoms with Gasteiger partial charge < -0.3 is 19.8 Å². The number of aromatic nitrogens is 1. The van der Waals surface area contributed by atoms with Crippen molar-refractivity contribution >= 4 is 28.5 Å². The van der Waals surface area contributed by atoms with Gasteiger partial charge in [-0.05, 0) is 45.0 Å². The number of carbonyl (C=O) groups excluding carboxylic acids is 1. The average molecular weight is 355 g/mol. The summed E-state index contributed by atoms with van der Waals surface area (Å²) in [4.78, 5) is 24.2. The molecule has 7 heteroatoms. The number of hydrogen-bond acceptors (Lipinski definition) is 4. The molecule has 3 rings (SSSR count). The Balaban J connectivity index is 1.79. The molecule has 0 saturated heterocycles. The zero-order valence-electron chi connectivity index (χ0n) is 14.9.